The zero-order valence-corrected chi connectivity index (χ0v) is 27.5. The number of nitrogens with one attached hydrogen (secondary N) is 2. The molecule has 0 unspecified atom stereocenters. The van der Waals surface area contributed by atoms with E-state index in [9.17, 15) is 22.9 Å². The molecule has 11 heteroatoms. The first kappa shape index (κ1) is 33.6. The molecule has 0 bridgehead atoms. The van der Waals surface area contributed by atoms with Gasteiger partial charge in [0.15, 0.2) is 0 Å². The van der Waals surface area contributed by atoms with Crippen molar-refractivity contribution in [2.75, 3.05) is 10.6 Å². The van der Waals surface area contributed by atoms with Gasteiger partial charge in [-0.05, 0) is 85.1 Å². The van der Waals surface area contributed by atoms with Crippen LogP contribution < -0.4 is 40.2 Å². The molecule has 9 nitrogen and oxygen atoms in total. The number of hydrogen-bond acceptors (Lipinski definition) is 6. The maximum Gasteiger partial charge on any atom is 1.00 e. The molecule has 0 aliphatic rings. The Labute approximate surface area is 283 Å². The molecule has 0 fully saturated rings. The van der Waals surface area contributed by atoms with E-state index in [4.69, 9.17) is 4.42 Å². The second-order valence-electron chi connectivity index (χ2n) is 10.3. The van der Waals surface area contributed by atoms with Gasteiger partial charge in [-0.15, -0.1) is 0 Å². The van der Waals surface area contributed by atoms with Gasteiger partial charge in [-0.1, -0.05) is 36.4 Å². The van der Waals surface area contributed by atoms with Crippen molar-refractivity contribution in [3.05, 3.63) is 120 Å². The fraction of sp³-hybridized carbons (Fsp3) is 0.0588. The number of rotatable bonds is 7. The molecule has 0 atom stereocenters. The molecule has 5 N–H and O–H groups in total. The van der Waals surface area contributed by atoms with E-state index in [0.29, 0.717) is 33.7 Å². The zero-order chi connectivity index (χ0) is 30.3. The Morgan fingerprint density at radius 3 is 1.84 bits per heavy atom. The Morgan fingerprint density at radius 1 is 0.733 bits per heavy atom. The van der Waals surface area contributed by atoms with Gasteiger partial charge >= 0.3 is 46.7 Å². The molecule has 6 aromatic rings. The third-order valence-electron chi connectivity index (χ3n) is 7.35. The number of aromatic carboxylic acids is 1. The zero-order valence-electron chi connectivity index (χ0n) is 25.7. The summed E-state index contributed by atoms with van der Waals surface area (Å²) >= 11 is 0. The first-order chi connectivity index (χ1) is 20.6. The van der Waals surface area contributed by atoms with E-state index in [0.717, 1.165) is 33.3 Å². The Hall–Kier alpha value is -4.29. The summed E-state index contributed by atoms with van der Waals surface area (Å²) < 4.78 is 38.9. The summed E-state index contributed by atoms with van der Waals surface area (Å²) in [6, 6.07) is 30.5. The molecule has 0 spiro atoms. The quantitative estimate of drug-likeness (QED) is 0.0770. The average Bonchev–Trinajstić information content (AvgIpc) is 2.97. The van der Waals surface area contributed by atoms with Crippen LogP contribution in [0.2, 0.25) is 0 Å². The molecule has 0 radical (unpaired) electrons. The van der Waals surface area contributed by atoms with Crippen molar-refractivity contribution in [2.24, 2.45) is 0 Å². The number of para-hydroxylation sites is 1. The molecule has 6 rings (SSSR count). The van der Waals surface area contributed by atoms with Gasteiger partial charge in [-0.3, -0.25) is 4.55 Å². The van der Waals surface area contributed by atoms with Crippen LogP contribution in [0.3, 0.4) is 0 Å². The van der Waals surface area contributed by atoms with E-state index in [1.54, 1.807) is 31.2 Å². The molecular weight excluding hydrogens is 603 g/mol. The van der Waals surface area contributed by atoms with Crippen LogP contribution in [0.4, 0.5) is 22.7 Å². The number of benzene rings is 5. The SMILES string of the molecule is Cc1ccccc1Nc1ccc2c(-c3ccccc3C(=O)O)c3ccc(Nc4ccc(S(=O)(=O)O)cc4C)cc3[o+]c2c1.[H-].[Na+].[OH-]. The second kappa shape index (κ2) is 13.4. The fourth-order valence-electron chi connectivity index (χ4n) is 5.18. The van der Waals surface area contributed by atoms with Crippen LogP contribution in [0.25, 0.3) is 33.1 Å². The Morgan fingerprint density at radius 2 is 1.29 bits per heavy atom. The van der Waals surface area contributed by atoms with Crippen molar-refractivity contribution in [1.82, 2.24) is 0 Å². The first-order valence-corrected chi connectivity index (χ1v) is 14.9. The molecule has 0 aliphatic heterocycles. The summed E-state index contributed by atoms with van der Waals surface area (Å²) in [5, 5.41) is 18.2. The van der Waals surface area contributed by atoms with Gasteiger partial charge in [0.25, 0.3) is 10.1 Å². The minimum atomic E-state index is -4.32. The maximum absolute atomic E-state index is 12.2. The fourth-order valence-corrected chi connectivity index (χ4v) is 5.75. The van der Waals surface area contributed by atoms with Crippen LogP contribution in [0, 0.1) is 13.8 Å². The van der Waals surface area contributed by atoms with Crippen LogP contribution in [-0.4, -0.2) is 29.5 Å². The Kier molecular flexibility index (Phi) is 9.98. The van der Waals surface area contributed by atoms with Crippen molar-refractivity contribution in [3.63, 3.8) is 0 Å². The van der Waals surface area contributed by atoms with E-state index in [-0.39, 0.29) is 46.9 Å². The molecule has 0 saturated carbocycles. The largest absolute Gasteiger partial charge is 1.00 e. The molecule has 0 aliphatic carbocycles. The summed E-state index contributed by atoms with van der Waals surface area (Å²) in [5.41, 5.74) is 7.36. The molecule has 1 aromatic heterocycles. The van der Waals surface area contributed by atoms with Crippen molar-refractivity contribution >= 4 is 60.8 Å². The summed E-state index contributed by atoms with van der Waals surface area (Å²) in [7, 11) is -4.32. The summed E-state index contributed by atoms with van der Waals surface area (Å²) in [6.45, 7) is 3.76. The van der Waals surface area contributed by atoms with E-state index < -0.39 is 16.1 Å². The van der Waals surface area contributed by atoms with Crippen molar-refractivity contribution in [2.45, 2.75) is 18.7 Å². The topological polar surface area (TPSA) is 157 Å². The molecule has 45 heavy (non-hydrogen) atoms. The molecule has 5 aromatic carbocycles. The van der Waals surface area contributed by atoms with Gasteiger partial charge in [0, 0.05) is 28.3 Å². The van der Waals surface area contributed by atoms with Crippen molar-refractivity contribution in [1.29, 1.82) is 0 Å². The van der Waals surface area contributed by atoms with Gasteiger partial charge in [0.2, 0.25) is 0 Å². The predicted molar refractivity (Wildman–Crippen MR) is 172 cm³/mol. The van der Waals surface area contributed by atoms with E-state index >= 15 is 0 Å². The standard InChI is InChI=1S/C34H26N2O6S.Na.H2O.H/c1-20-7-3-6-10-29(20)35-22-11-14-27-31(18-22)42-32-19-23(36-30-16-13-24(17-21(30)2)43(39,40)41)12-15-28(32)33(27)25-8-4-5-9-26(25)34(37)38;;;/h3-19,35-36H,1-2H3,(H-,37,38,39,40,41);;1H2;/q;+1;;-1. The molecule has 1 heterocycles. The number of carbonyl (C=O) groups is 1. The van der Waals surface area contributed by atoms with E-state index in [1.165, 1.54) is 12.1 Å². The van der Waals surface area contributed by atoms with Gasteiger partial charge < -0.3 is 22.6 Å². The van der Waals surface area contributed by atoms with E-state index in [1.807, 2.05) is 73.7 Å². The maximum atomic E-state index is 12.2. The first-order valence-electron chi connectivity index (χ1n) is 13.4. The van der Waals surface area contributed by atoms with Crippen LogP contribution in [0.15, 0.2) is 112 Å². The van der Waals surface area contributed by atoms with Gasteiger partial charge in [0.1, 0.15) is 0 Å². The van der Waals surface area contributed by atoms with Crippen LogP contribution in [0.5, 0.6) is 0 Å². The van der Waals surface area contributed by atoms with Crippen LogP contribution in [-0.2, 0) is 10.1 Å². The monoisotopic (exact) mass is 632 g/mol. The molecule has 0 saturated heterocycles. The minimum Gasteiger partial charge on any atom is -1.00 e. The Bertz CT molecular complexity index is 2190. The minimum absolute atomic E-state index is 0. The molecule has 224 valence electrons. The molecule has 0 amide bonds. The van der Waals surface area contributed by atoms with Crippen LogP contribution in [0.1, 0.15) is 22.9 Å². The van der Waals surface area contributed by atoms with Gasteiger partial charge in [-0.2, -0.15) is 8.42 Å². The van der Waals surface area contributed by atoms with E-state index in [2.05, 4.69) is 10.6 Å². The van der Waals surface area contributed by atoms with Crippen LogP contribution >= 0.6 is 0 Å². The number of hydrogen-bond donors (Lipinski definition) is 4. The summed E-state index contributed by atoms with van der Waals surface area (Å²) in [5.74, 6) is -1.03. The second-order valence-corrected chi connectivity index (χ2v) is 11.7. The summed E-state index contributed by atoms with van der Waals surface area (Å²) in [6.07, 6.45) is 0. The van der Waals surface area contributed by atoms with Gasteiger partial charge in [0.05, 0.1) is 33.4 Å². The number of fused-ring (bicyclic) bond motifs is 2. The number of carboxylic acids is 1. The average molecular weight is 633 g/mol. The van der Waals surface area contributed by atoms with Crippen molar-refractivity contribution < 1.29 is 63.7 Å². The number of aryl methyl sites for hydroxylation is 2. The van der Waals surface area contributed by atoms with Crippen molar-refractivity contribution in [3.8, 4) is 11.1 Å². The Balaban J connectivity index is 0.00000192. The number of anilines is 4. The molecular formula is C34H29N2NaO7S. The number of carboxylic acid groups (broad SMARTS) is 1. The third kappa shape index (κ3) is 6.86. The summed E-state index contributed by atoms with van der Waals surface area (Å²) in [4.78, 5) is 12.0. The predicted octanol–water partition coefficient (Wildman–Crippen LogP) is 5.52. The normalized spacial score (nSPS) is 11.0. The third-order valence-corrected chi connectivity index (χ3v) is 8.20. The smallest absolute Gasteiger partial charge is 1.00 e. The van der Waals surface area contributed by atoms with Gasteiger partial charge in [-0.25, -0.2) is 9.21 Å².